The number of thiophene rings is 1. The van der Waals surface area contributed by atoms with Gasteiger partial charge in [0.2, 0.25) is 0 Å². The third-order valence-corrected chi connectivity index (χ3v) is 5.57. The first-order valence-electron chi connectivity index (χ1n) is 6.70. The van der Waals surface area contributed by atoms with Gasteiger partial charge in [-0.1, -0.05) is 53.0 Å². The Morgan fingerprint density at radius 3 is 2.54 bits per heavy atom. The summed E-state index contributed by atoms with van der Waals surface area (Å²) < 4.78 is 0.937. The van der Waals surface area contributed by atoms with Gasteiger partial charge in [-0.3, -0.25) is 10.1 Å². The monoisotopic (exact) mass is 414 g/mol. The molecule has 122 valence electrons. The second kappa shape index (κ2) is 7.25. The summed E-state index contributed by atoms with van der Waals surface area (Å²) >= 11 is 24.7. The van der Waals surface area contributed by atoms with Gasteiger partial charge in [0.1, 0.15) is 4.88 Å². The van der Waals surface area contributed by atoms with E-state index >= 15 is 0 Å². The van der Waals surface area contributed by atoms with Crippen LogP contribution in [0.5, 0.6) is 0 Å². The van der Waals surface area contributed by atoms with Crippen LogP contribution < -0.4 is 10.6 Å². The standard InChI is InChI=1S/C16H9Cl3N2OS2/c17-8-5-6-11(10(18)7-8)20-16(23)21-15(22)14-13(19)9-3-1-2-4-12(9)24-14/h1-7H,(H2,20,21,22,23). The molecule has 2 aromatic carbocycles. The van der Waals surface area contributed by atoms with Crippen molar-refractivity contribution in [3.63, 3.8) is 0 Å². The molecule has 0 fully saturated rings. The molecule has 0 atom stereocenters. The van der Waals surface area contributed by atoms with E-state index in [0.717, 1.165) is 10.1 Å². The van der Waals surface area contributed by atoms with Crippen LogP contribution in [0.3, 0.4) is 0 Å². The molecule has 3 nitrogen and oxygen atoms in total. The highest BCUT2D eigenvalue weighted by atomic mass is 35.5. The average Bonchev–Trinajstić information content (AvgIpc) is 2.88. The molecule has 0 aliphatic heterocycles. The third-order valence-electron chi connectivity index (χ3n) is 3.15. The van der Waals surface area contributed by atoms with Crippen LogP contribution in [0.25, 0.3) is 10.1 Å². The molecule has 0 aliphatic rings. The van der Waals surface area contributed by atoms with Gasteiger partial charge in [-0.2, -0.15) is 0 Å². The van der Waals surface area contributed by atoms with E-state index in [1.807, 2.05) is 24.3 Å². The predicted octanol–water partition coefficient (Wildman–Crippen LogP) is 5.99. The summed E-state index contributed by atoms with van der Waals surface area (Å²) in [5.74, 6) is -0.371. The molecule has 0 unspecified atom stereocenters. The summed E-state index contributed by atoms with van der Waals surface area (Å²) in [6, 6.07) is 12.5. The Labute approximate surface area is 162 Å². The van der Waals surface area contributed by atoms with Crippen LogP contribution in [0.1, 0.15) is 9.67 Å². The van der Waals surface area contributed by atoms with E-state index in [-0.39, 0.29) is 11.0 Å². The van der Waals surface area contributed by atoms with E-state index < -0.39 is 0 Å². The number of thiocarbonyl (C=S) groups is 1. The number of anilines is 1. The molecule has 8 heteroatoms. The normalized spacial score (nSPS) is 10.6. The number of halogens is 3. The molecule has 3 aromatic rings. The lowest BCUT2D eigenvalue weighted by molar-refractivity contribution is 0.0982. The van der Waals surface area contributed by atoms with Gasteiger partial charge >= 0.3 is 0 Å². The zero-order chi connectivity index (χ0) is 17.3. The second-order valence-electron chi connectivity index (χ2n) is 4.77. The van der Waals surface area contributed by atoms with E-state index in [0.29, 0.717) is 25.6 Å². The lowest BCUT2D eigenvalue weighted by Crippen LogP contribution is -2.33. The van der Waals surface area contributed by atoms with Crippen molar-refractivity contribution >= 4 is 85.2 Å². The molecule has 0 spiro atoms. The highest BCUT2D eigenvalue weighted by molar-refractivity contribution is 7.80. The van der Waals surface area contributed by atoms with Crippen LogP contribution in [0.4, 0.5) is 5.69 Å². The van der Waals surface area contributed by atoms with Gasteiger partial charge in [0.05, 0.1) is 15.7 Å². The quantitative estimate of drug-likeness (QED) is 0.505. The first-order chi connectivity index (χ1) is 11.5. The van der Waals surface area contributed by atoms with Gasteiger partial charge in [0.25, 0.3) is 5.91 Å². The fraction of sp³-hybridized carbons (Fsp3) is 0. The van der Waals surface area contributed by atoms with Crippen molar-refractivity contribution in [3.05, 3.63) is 62.4 Å². The van der Waals surface area contributed by atoms with E-state index in [1.54, 1.807) is 18.2 Å². The molecule has 0 bridgehead atoms. The van der Waals surface area contributed by atoms with Crippen LogP contribution in [-0.4, -0.2) is 11.0 Å². The Bertz CT molecular complexity index is 956. The van der Waals surface area contributed by atoms with E-state index in [4.69, 9.17) is 47.0 Å². The number of carbonyl (C=O) groups is 1. The lowest BCUT2D eigenvalue weighted by Gasteiger charge is -2.10. The minimum absolute atomic E-state index is 0.123. The molecular weight excluding hydrogens is 407 g/mol. The van der Waals surface area contributed by atoms with Crippen molar-refractivity contribution in [1.82, 2.24) is 5.32 Å². The number of hydrogen-bond donors (Lipinski definition) is 2. The predicted molar refractivity (Wildman–Crippen MR) is 107 cm³/mol. The fourth-order valence-corrected chi connectivity index (χ4v) is 4.14. The molecule has 3 rings (SSSR count). The summed E-state index contributed by atoms with van der Waals surface area (Å²) in [5, 5.41) is 7.76. The number of rotatable bonds is 2. The van der Waals surface area contributed by atoms with Crippen LogP contribution in [0.15, 0.2) is 42.5 Å². The summed E-state index contributed by atoms with van der Waals surface area (Å²) in [7, 11) is 0. The smallest absolute Gasteiger partial charge is 0.269 e. The number of carbonyl (C=O) groups excluding carboxylic acids is 1. The molecule has 1 aromatic heterocycles. The molecule has 1 heterocycles. The molecule has 1 amide bonds. The SMILES string of the molecule is O=C(NC(=S)Nc1ccc(Cl)cc1Cl)c1sc2ccccc2c1Cl. The highest BCUT2D eigenvalue weighted by Crippen LogP contribution is 2.35. The van der Waals surface area contributed by atoms with Crippen molar-refractivity contribution in [2.75, 3.05) is 5.32 Å². The maximum Gasteiger partial charge on any atom is 0.269 e. The van der Waals surface area contributed by atoms with Gasteiger partial charge in [-0.05, 0) is 36.5 Å². The van der Waals surface area contributed by atoms with Crippen molar-refractivity contribution in [3.8, 4) is 0 Å². The van der Waals surface area contributed by atoms with Gasteiger partial charge in [0, 0.05) is 15.1 Å². The van der Waals surface area contributed by atoms with Crippen molar-refractivity contribution < 1.29 is 4.79 Å². The summed E-state index contributed by atoms with van der Waals surface area (Å²) in [4.78, 5) is 12.8. The van der Waals surface area contributed by atoms with Gasteiger partial charge in [0.15, 0.2) is 5.11 Å². The average molecular weight is 416 g/mol. The van der Waals surface area contributed by atoms with Crippen LogP contribution >= 0.6 is 58.4 Å². The first-order valence-corrected chi connectivity index (χ1v) is 9.06. The molecule has 2 N–H and O–H groups in total. The maximum atomic E-state index is 12.4. The van der Waals surface area contributed by atoms with Gasteiger partial charge in [-0.25, -0.2) is 0 Å². The third kappa shape index (κ3) is 3.66. The van der Waals surface area contributed by atoms with Crippen LogP contribution in [0, 0.1) is 0 Å². The minimum Gasteiger partial charge on any atom is -0.331 e. The van der Waals surface area contributed by atoms with Gasteiger partial charge < -0.3 is 5.32 Å². The summed E-state index contributed by atoms with van der Waals surface area (Å²) in [6.45, 7) is 0. The minimum atomic E-state index is -0.371. The van der Waals surface area contributed by atoms with E-state index in [9.17, 15) is 4.79 Å². The summed E-state index contributed by atoms with van der Waals surface area (Å²) in [6.07, 6.45) is 0. The molecule has 0 saturated heterocycles. The molecule has 0 saturated carbocycles. The van der Waals surface area contributed by atoms with E-state index in [2.05, 4.69) is 10.6 Å². The van der Waals surface area contributed by atoms with Crippen molar-refractivity contribution in [2.45, 2.75) is 0 Å². The number of nitrogens with one attached hydrogen (secondary N) is 2. The molecule has 0 radical (unpaired) electrons. The molecule has 0 aliphatic carbocycles. The lowest BCUT2D eigenvalue weighted by atomic mass is 10.2. The first kappa shape index (κ1) is 17.5. The highest BCUT2D eigenvalue weighted by Gasteiger charge is 2.18. The number of benzene rings is 2. The maximum absolute atomic E-state index is 12.4. The number of fused-ring (bicyclic) bond motifs is 1. The Hall–Kier alpha value is -1.37. The second-order valence-corrected chi connectivity index (χ2v) is 7.46. The molecule has 24 heavy (non-hydrogen) atoms. The van der Waals surface area contributed by atoms with Crippen LogP contribution in [0.2, 0.25) is 15.1 Å². The summed E-state index contributed by atoms with van der Waals surface area (Å²) in [5.41, 5.74) is 0.550. The van der Waals surface area contributed by atoms with Crippen molar-refractivity contribution in [1.29, 1.82) is 0 Å². The van der Waals surface area contributed by atoms with E-state index in [1.165, 1.54) is 11.3 Å². The fourth-order valence-electron chi connectivity index (χ4n) is 2.06. The largest absolute Gasteiger partial charge is 0.331 e. The van der Waals surface area contributed by atoms with Gasteiger partial charge in [-0.15, -0.1) is 11.3 Å². The van der Waals surface area contributed by atoms with Crippen molar-refractivity contribution in [2.24, 2.45) is 0 Å². The Kier molecular flexibility index (Phi) is 5.27. The zero-order valence-corrected chi connectivity index (χ0v) is 15.8. The Morgan fingerprint density at radius 1 is 1.08 bits per heavy atom. The zero-order valence-electron chi connectivity index (χ0n) is 11.9. The van der Waals surface area contributed by atoms with Crippen LogP contribution in [-0.2, 0) is 0 Å². The topological polar surface area (TPSA) is 41.1 Å². The number of hydrogen-bond acceptors (Lipinski definition) is 3. The molecular formula is C16H9Cl3N2OS2. The Morgan fingerprint density at radius 2 is 1.83 bits per heavy atom. The number of amides is 1. The Balaban J connectivity index is 1.76.